The Balaban J connectivity index is 2.44. The minimum absolute atomic E-state index is 0.0438. The highest BCUT2D eigenvalue weighted by Crippen LogP contribution is 2.31. The van der Waals surface area contributed by atoms with Gasteiger partial charge in [0, 0.05) is 36.4 Å². The molecule has 0 amide bonds. The topological polar surface area (TPSA) is 41.1 Å². The molecule has 0 radical (unpaired) electrons. The van der Waals surface area contributed by atoms with Crippen LogP contribution in [0.25, 0.3) is 0 Å². The van der Waals surface area contributed by atoms with Gasteiger partial charge in [-0.25, -0.2) is 9.97 Å². The average Bonchev–Trinajstić information content (AvgIpc) is 2.93. The summed E-state index contributed by atoms with van der Waals surface area (Å²) in [6.45, 7) is 11.6. The monoisotopic (exact) mass is 308 g/mol. The number of nitrogens with zero attached hydrogens (tertiary/aromatic N) is 3. The number of rotatable bonds is 4. The number of hydrogen-bond acceptors (Lipinski definition) is 5. The van der Waals surface area contributed by atoms with Gasteiger partial charge < -0.3 is 10.2 Å². The van der Waals surface area contributed by atoms with Gasteiger partial charge in [0.15, 0.2) is 0 Å². The maximum Gasteiger partial charge on any atom is 0.138 e. The number of thioether (sulfide) groups is 1. The summed E-state index contributed by atoms with van der Waals surface area (Å²) in [5.41, 5.74) is 1.11. The van der Waals surface area contributed by atoms with Crippen LogP contribution in [0.3, 0.4) is 0 Å². The predicted molar refractivity (Wildman–Crippen MR) is 93.8 cm³/mol. The van der Waals surface area contributed by atoms with Crippen LogP contribution in [-0.2, 0) is 5.41 Å². The Bertz CT molecular complexity index is 490. The van der Waals surface area contributed by atoms with Crippen molar-refractivity contribution >= 4 is 23.4 Å². The van der Waals surface area contributed by atoms with E-state index in [4.69, 9.17) is 9.97 Å². The lowest BCUT2D eigenvalue weighted by molar-refractivity contribution is 0.542. The molecular weight excluding hydrogens is 280 g/mol. The third-order valence-corrected chi connectivity index (χ3v) is 5.07. The smallest absolute Gasteiger partial charge is 0.138 e. The van der Waals surface area contributed by atoms with Crippen LogP contribution < -0.4 is 10.2 Å². The van der Waals surface area contributed by atoms with Crippen molar-refractivity contribution in [2.75, 3.05) is 35.3 Å². The van der Waals surface area contributed by atoms with Gasteiger partial charge in [-0.2, -0.15) is 11.8 Å². The van der Waals surface area contributed by atoms with E-state index in [1.165, 1.54) is 17.9 Å². The molecule has 5 heteroatoms. The fraction of sp³-hybridized carbons (Fsp3) is 0.750. The van der Waals surface area contributed by atoms with Gasteiger partial charge >= 0.3 is 0 Å². The third-order valence-electron chi connectivity index (χ3n) is 3.92. The molecule has 1 atom stereocenters. The van der Waals surface area contributed by atoms with Gasteiger partial charge in [-0.05, 0) is 26.0 Å². The summed E-state index contributed by atoms with van der Waals surface area (Å²) in [7, 11) is 2.17. The predicted octanol–water partition coefficient (Wildman–Crippen LogP) is 3.46. The van der Waals surface area contributed by atoms with E-state index in [2.05, 4.69) is 51.9 Å². The van der Waals surface area contributed by atoms with Gasteiger partial charge in [0.25, 0.3) is 0 Å². The molecule has 2 rings (SSSR count). The minimum atomic E-state index is -0.0438. The van der Waals surface area contributed by atoms with Crippen LogP contribution in [-0.4, -0.2) is 41.1 Å². The molecule has 1 aliphatic rings. The fourth-order valence-corrected chi connectivity index (χ4v) is 3.79. The van der Waals surface area contributed by atoms with Crippen LogP contribution in [0.2, 0.25) is 0 Å². The summed E-state index contributed by atoms with van der Waals surface area (Å²) in [6.07, 6.45) is 1.24. The molecule has 1 saturated heterocycles. The fourth-order valence-electron chi connectivity index (χ4n) is 2.52. The summed E-state index contributed by atoms with van der Waals surface area (Å²) in [4.78, 5) is 12.0. The van der Waals surface area contributed by atoms with Crippen LogP contribution in [0.15, 0.2) is 0 Å². The zero-order valence-corrected chi connectivity index (χ0v) is 15.0. The second kappa shape index (κ2) is 6.42. The van der Waals surface area contributed by atoms with Gasteiger partial charge in [-0.1, -0.05) is 20.8 Å². The first-order valence-corrected chi connectivity index (χ1v) is 8.93. The molecule has 0 spiro atoms. The zero-order chi connectivity index (χ0) is 15.6. The highest BCUT2D eigenvalue weighted by atomic mass is 32.2. The summed E-state index contributed by atoms with van der Waals surface area (Å²) in [6, 6.07) is 0.589. The Kier molecular flexibility index (Phi) is 5.02. The van der Waals surface area contributed by atoms with Crippen molar-refractivity contribution in [2.45, 2.75) is 52.5 Å². The molecule has 4 nitrogen and oxygen atoms in total. The Morgan fingerprint density at radius 3 is 2.57 bits per heavy atom. The van der Waals surface area contributed by atoms with E-state index in [0.29, 0.717) is 6.04 Å². The number of hydrogen-bond donors (Lipinski definition) is 1. The summed E-state index contributed by atoms with van der Waals surface area (Å²) >= 11 is 2.03. The van der Waals surface area contributed by atoms with Gasteiger partial charge in [0.05, 0.1) is 0 Å². The number of nitrogens with one attached hydrogen (secondary N) is 1. The highest BCUT2D eigenvalue weighted by molar-refractivity contribution is 7.99. The summed E-state index contributed by atoms with van der Waals surface area (Å²) in [5, 5.41) is 3.39. The molecule has 1 aromatic rings. The van der Waals surface area contributed by atoms with E-state index >= 15 is 0 Å². The molecule has 2 heterocycles. The van der Waals surface area contributed by atoms with Crippen molar-refractivity contribution in [3.05, 3.63) is 11.4 Å². The van der Waals surface area contributed by atoms with Crippen molar-refractivity contribution in [3.8, 4) is 0 Å². The number of anilines is 2. The first-order valence-electron chi connectivity index (χ1n) is 7.78. The molecule has 0 bridgehead atoms. The van der Waals surface area contributed by atoms with Crippen molar-refractivity contribution in [2.24, 2.45) is 0 Å². The van der Waals surface area contributed by atoms with Crippen molar-refractivity contribution in [1.29, 1.82) is 0 Å². The van der Waals surface area contributed by atoms with Crippen LogP contribution in [0.5, 0.6) is 0 Å². The average molecular weight is 308 g/mol. The first kappa shape index (κ1) is 16.4. The van der Waals surface area contributed by atoms with Gasteiger partial charge in [-0.15, -0.1) is 0 Å². The largest absolute Gasteiger partial charge is 0.370 e. The van der Waals surface area contributed by atoms with Crippen LogP contribution in [0.1, 0.15) is 45.5 Å². The highest BCUT2D eigenvalue weighted by Gasteiger charge is 2.26. The molecular formula is C16H28N4S. The molecule has 1 unspecified atom stereocenters. The molecule has 118 valence electrons. The van der Waals surface area contributed by atoms with E-state index < -0.39 is 0 Å². The second-order valence-corrected chi connectivity index (χ2v) is 7.90. The van der Waals surface area contributed by atoms with Crippen molar-refractivity contribution < 1.29 is 0 Å². The molecule has 0 aliphatic carbocycles. The van der Waals surface area contributed by atoms with Crippen molar-refractivity contribution in [3.63, 3.8) is 0 Å². The van der Waals surface area contributed by atoms with E-state index in [-0.39, 0.29) is 5.41 Å². The standard InChI is InChI=1S/C16H28N4S/c1-7-17-13-11(2)14(19-15(18-13)16(3,4)5)20(6)12-8-9-21-10-12/h12H,7-10H2,1-6H3,(H,17,18,19). The maximum absolute atomic E-state index is 4.90. The van der Waals surface area contributed by atoms with E-state index in [1.807, 2.05) is 11.8 Å². The quantitative estimate of drug-likeness (QED) is 0.922. The zero-order valence-electron chi connectivity index (χ0n) is 14.2. The van der Waals surface area contributed by atoms with E-state index in [1.54, 1.807) is 0 Å². The lowest BCUT2D eigenvalue weighted by atomic mass is 9.95. The Morgan fingerprint density at radius 1 is 1.33 bits per heavy atom. The minimum Gasteiger partial charge on any atom is -0.370 e. The Hall–Kier alpha value is -0.970. The Morgan fingerprint density at radius 2 is 2.05 bits per heavy atom. The van der Waals surface area contributed by atoms with Gasteiger partial charge in [0.1, 0.15) is 17.5 Å². The molecule has 0 saturated carbocycles. The second-order valence-electron chi connectivity index (χ2n) is 6.75. The lowest BCUT2D eigenvalue weighted by Crippen LogP contribution is -2.34. The van der Waals surface area contributed by atoms with Crippen LogP contribution in [0.4, 0.5) is 11.6 Å². The first-order chi connectivity index (χ1) is 9.84. The van der Waals surface area contributed by atoms with E-state index in [9.17, 15) is 0 Å². The SMILES string of the molecule is CCNc1nc(C(C)(C)C)nc(N(C)C2CCSC2)c1C. The molecule has 1 fully saturated rings. The van der Waals surface area contributed by atoms with Crippen LogP contribution in [0, 0.1) is 6.92 Å². The van der Waals surface area contributed by atoms with Crippen molar-refractivity contribution in [1.82, 2.24) is 9.97 Å². The molecule has 0 aromatic carbocycles. The molecule has 1 N–H and O–H groups in total. The number of aromatic nitrogens is 2. The third kappa shape index (κ3) is 3.62. The lowest BCUT2D eigenvalue weighted by Gasteiger charge is -2.29. The molecule has 1 aliphatic heterocycles. The Labute approximate surface area is 133 Å². The van der Waals surface area contributed by atoms with Gasteiger partial charge in [0.2, 0.25) is 0 Å². The molecule has 1 aromatic heterocycles. The van der Waals surface area contributed by atoms with E-state index in [0.717, 1.165) is 29.6 Å². The summed E-state index contributed by atoms with van der Waals surface area (Å²) in [5.74, 6) is 5.42. The van der Waals surface area contributed by atoms with Crippen LogP contribution >= 0.6 is 11.8 Å². The normalized spacial score (nSPS) is 18.9. The maximum atomic E-state index is 4.90. The van der Waals surface area contributed by atoms with Gasteiger partial charge in [-0.3, -0.25) is 0 Å². The molecule has 21 heavy (non-hydrogen) atoms. The summed E-state index contributed by atoms with van der Waals surface area (Å²) < 4.78 is 0.